The summed E-state index contributed by atoms with van der Waals surface area (Å²) in [7, 11) is 2.18. The lowest BCUT2D eigenvalue weighted by Gasteiger charge is -2.34. The molecule has 0 aliphatic carbocycles. The van der Waals surface area contributed by atoms with Gasteiger partial charge in [-0.3, -0.25) is 10.1 Å². The zero-order valence-electron chi connectivity index (χ0n) is 11.1. The van der Waals surface area contributed by atoms with Crippen molar-refractivity contribution in [2.24, 2.45) is 5.92 Å². The third-order valence-corrected chi connectivity index (χ3v) is 3.92. The van der Waals surface area contributed by atoms with Gasteiger partial charge in [0.1, 0.15) is 0 Å². The van der Waals surface area contributed by atoms with Crippen LogP contribution in [0.4, 0.5) is 0 Å². The summed E-state index contributed by atoms with van der Waals surface area (Å²) in [4.78, 5) is 16.3. The molecular formula is C13H25N3O. The molecule has 2 rings (SSSR count). The molecule has 0 aromatic rings. The fourth-order valence-corrected chi connectivity index (χ4v) is 3.05. The fourth-order valence-electron chi connectivity index (χ4n) is 3.05. The molecular weight excluding hydrogens is 214 g/mol. The monoisotopic (exact) mass is 239 g/mol. The van der Waals surface area contributed by atoms with Crippen molar-refractivity contribution >= 4 is 5.91 Å². The van der Waals surface area contributed by atoms with Crippen LogP contribution in [0.2, 0.25) is 0 Å². The molecule has 98 valence electrons. The van der Waals surface area contributed by atoms with Crippen LogP contribution in [-0.4, -0.2) is 55.1 Å². The van der Waals surface area contributed by atoms with Gasteiger partial charge in [-0.2, -0.15) is 0 Å². The smallest absolute Gasteiger partial charge is 0.237 e. The predicted octanol–water partition coefficient (Wildman–Crippen LogP) is 0.886. The molecule has 1 N–H and O–H groups in total. The first-order chi connectivity index (χ1) is 8.20. The maximum absolute atomic E-state index is 11.9. The summed E-state index contributed by atoms with van der Waals surface area (Å²) in [5, 5.41) is 3.32. The largest absolute Gasteiger partial charge is 0.326 e. The highest BCUT2D eigenvalue weighted by Gasteiger charge is 2.32. The van der Waals surface area contributed by atoms with E-state index < -0.39 is 0 Å². The molecule has 2 fully saturated rings. The van der Waals surface area contributed by atoms with Crippen molar-refractivity contribution in [3.8, 4) is 0 Å². The minimum Gasteiger partial charge on any atom is -0.326 e. The molecule has 0 bridgehead atoms. The zero-order chi connectivity index (χ0) is 12.3. The van der Waals surface area contributed by atoms with Gasteiger partial charge >= 0.3 is 0 Å². The van der Waals surface area contributed by atoms with Crippen LogP contribution in [0.25, 0.3) is 0 Å². The van der Waals surface area contributed by atoms with Gasteiger partial charge in [0.2, 0.25) is 5.91 Å². The number of hydrogen-bond donors (Lipinski definition) is 1. The average Bonchev–Trinajstić information content (AvgIpc) is 2.62. The van der Waals surface area contributed by atoms with E-state index in [-0.39, 0.29) is 5.91 Å². The Balaban J connectivity index is 1.89. The molecule has 2 aliphatic rings. The Morgan fingerprint density at radius 3 is 3.00 bits per heavy atom. The van der Waals surface area contributed by atoms with Crippen molar-refractivity contribution < 1.29 is 4.79 Å². The molecule has 4 nitrogen and oxygen atoms in total. The van der Waals surface area contributed by atoms with Crippen LogP contribution in [0.1, 0.15) is 32.6 Å². The Bertz CT molecular complexity index is 269. The van der Waals surface area contributed by atoms with Gasteiger partial charge in [0.05, 0.1) is 12.7 Å². The number of likely N-dealkylation sites (tertiary alicyclic amines) is 1. The molecule has 0 radical (unpaired) electrons. The van der Waals surface area contributed by atoms with Crippen molar-refractivity contribution in [2.45, 2.75) is 38.8 Å². The summed E-state index contributed by atoms with van der Waals surface area (Å²) in [6.07, 6.45) is 5.04. The highest BCUT2D eigenvalue weighted by molar-refractivity contribution is 5.80. The Kier molecular flexibility index (Phi) is 4.40. The van der Waals surface area contributed by atoms with Crippen LogP contribution in [0.3, 0.4) is 0 Å². The molecule has 17 heavy (non-hydrogen) atoms. The summed E-state index contributed by atoms with van der Waals surface area (Å²) >= 11 is 0. The molecule has 1 amide bonds. The molecule has 0 aromatic carbocycles. The van der Waals surface area contributed by atoms with E-state index in [1.807, 2.05) is 0 Å². The van der Waals surface area contributed by atoms with Crippen LogP contribution in [0.5, 0.6) is 0 Å². The van der Waals surface area contributed by atoms with Crippen LogP contribution in [0.15, 0.2) is 0 Å². The quantitative estimate of drug-likeness (QED) is 0.791. The van der Waals surface area contributed by atoms with Crippen LogP contribution >= 0.6 is 0 Å². The van der Waals surface area contributed by atoms with Crippen molar-refractivity contribution in [1.82, 2.24) is 15.1 Å². The van der Waals surface area contributed by atoms with Gasteiger partial charge in [-0.15, -0.1) is 0 Å². The predicted molar refractivity (Wildman–Crippen MR) is 68.6 cm³/mol. The Morgan fingerprint density at radius 1 is 1.47 bits per heavy atom. The lowest BCUT2D eigenvalue weighted by atomic mass is 9.97. The van der Waals surface area contributed by atoms with E-state index in [1.54, 1.807) is 0 Å². The highest BCUT2D eigenvalue weighted by atomic mass is 16.2. The van der Waals surface area contributed by atoms with Gasteiger partial charge in [-0.05, 0) is 38.8 Å². The van der Waals surface area contributed by atoms with Gasteiger partial charge < -0.3 is 9.80 Å². The minimum atomic E-state index is 0.289. The Hall–Kier alpha value is -0.610. The van der Waals surface area contributed by atoms with Gasteiger partial charge in [0.25, 0.3) is 0 Å². The summed E-state index contributed by atoms with van der Waals surface area (Å²) < 4.78 is 0. The van der Waals surface area contributed by atoms with E-state index in [9.17, 15) is 4.79 Å². The second kappa shape index (κ2) is 5.83. The van der Waals surface area contributed by atoms with Gasteiger partial charge in [-0.25, -0.2) is 0 Å². The second-order valence-corrected chi connectivity index (χ2v) is 5.50. The SMILES string of the molecule is CCCC1NCC(=O)N1CC1CCCN(C)C1. The van der Waals surface area contributed by atoms with Gasteiger partial charge in [0.15, 0.2) is 0 Å². The standard InChI is InChI=1S/C13H25N3O/c1-3-5-12-14-8-13(17)16(12)10-11-6-4-7-15(2)9-11/h11-12,14H,3-10H2,1-2H3. The van der Waals surface area contributed by atoms with E-state index in [0.29, 0.717) is 18.6 Å². The van der Waals surface area contributed by atoms with Crippen LogP contribution in [0, 0.1) is 5.92 Å². The number of nitrogens with one attached hydrogen (secondary N) is 1. The van der Waals surface area contributed by atoms with E-state index in [4.69, 9.17) is 0 Å². The third-order valence-electron chi connectivity index (χ3n) is 3.92. The molecule has 0 aromatic heterocycles. The number of carbonyl (C=O) groups excluding carboxylic acids is 1. The van der Waals surface area contributed by atoms with Gasteiger partial charge in [-0.1, -0.05) is 13.3 Å². The minimum absolute atomic E-state index is 0.289. The lowest BCUT2D eigenvalue weighted by molar-refractivity contribution is -0.128. The molecule has 4 heteroatoms. The third kappa shape index (κ3) is 3.19. The number of amides is 1. The summed E-state index contributed by atoms with van der Waals surface area (Å²) in [6.45, 7) is 6.01. The van der Waals surface area contributed by atoms with Crippen molar-refractivity contribution in [1.29, 1.82) is 0 Å². The second-order valence-electron chi connectivity index (χ2n) is 5.50. The highest BCUT2D eigenvalue weighted by Crippen LogP contribution is 2.20. The lowest BCUT2D eigenvalue weighted by Crippen LogP contribution is -2.44. The Morgan fingerprint density at radius 2 is 2.29 bits per heavy atom. The number of rotatable bonds is 4. The summed E-state index contributed by atoms with van der Waals surface area (Å²) in [5.41, 5.74) is 0. The van der Waals surface area contributed by atoms with Crippen molar-refractivity contribution in [3.63, 3.8) is 0 Å². The maximum Gasteiger partial charge on any atom is 0.237 e. The first-order valence-corrected chi connectivity index (χ1v) is 6.92. The molecule has 2 heterocycles. The van der Waals surface area contributed by atoms with E-state index in [1.165, 1.54) is 19.4 Å². The van der Waals surface area contributed by atoms with Crippen LogP contribution < -0.4 is 5.32 Å². The molecule has 0 saturated carbocycles. The maximum atomic E-state index is 11.9. The van der Waals surface area contributed by atoms with Crippen LogP contribution in [-0.2, 0) is 4.79 Å². The zero-order valence-corrected chi connectivity index (χ0v) is 11.1. The average molecular weight is 239 g/mol. The first kappa shape index (κ1) is 12.8. The van der Waals surface area contributed by atoms with E-state index in [0.717, 1.165) is 25.9 Å². The molecule has 2 unspecified atom stereocenters. The topological polar surface area (TPSA) is 35.6 Å². The molecule has 2 aliphatic heterocycles. The summed E-state index contributed by atoms with van der Waals surface area (Å²) in [5.74, 6) is 0.952. The van der Waals surface area contributed by atoms with Crippen molar-refractivity contribution in [2.75, 3.05) is 33.2 Å². The van der Waals surface area contributed by atoms with E-state index >= 15 is 0 Å². The molecule has 2 saturated heterocycles. The number of piperidine rings is 1. The number of hydrogen-bond acceptors (Lipinski definition) is 3. The summed E-state index contributed by atoms with van der Waals surface area (Å²) in [6, 6.07) is 0. The number of carbonyl (C=O) groups is 1. The first-order valence-electron chi connectivity index (χ1n) is 6.92. The van der Waals surface area contributed by atoms with E-state index in [2.05, 4.69) is 29.1 Å². The fraction of sp³-hybridized carbons (Fsp3) is 0.923. The normalized spacial score (nSPS) is 31.2. The molecule has 2 atom stereocenters. The molecule has 0 spiro atoms. The van der Waals surface area contributed by atoms with Crippen molar-refractivity contribution in [3.05, 3.63) is 0 Å². The van der Waals surface area contributed by atoms with Gasteiger partial charge in [0, 0.05) is 13.1 Å². The number of nitrogens with zero attached hydrogens (tertiary/aromatic N) is 2. The Labute approximate surface area is 104 Å².